The number of nitrogens with one attached hydrogen (secondary N) is 1. The Morgan fingerprint density at radius 2 is 1.77 bits per heavy atom. The Morgan fingerprint density at radius 1 is 1.03 bits per heavy atom. The summed E-state index contributed by atoms with van der Waals surface area (Å²) in [6.45, 7) is 1.71. The number of pyridine rings is 1. The van der Waals surface area contributed by atoms with Gasteiger partial charge in [-0.05, 0) is 43.3 Å². The van der Waals surface area contributed by atoms with Crippen molar-refractivity contribution in [1.29, 1.82) is 0 Å². The van der Waals surface area contributed by atoms with Gasteiger partial charge in [-0.25, -0.2) is 9.78 Å². The molecule has 3 aromatic rings. The number of ether oxygens (including phenoxy) is 2. The number of nitrogens with zero attached hydrogens (tertiary/aromatic N) is 1. The highest BCUT2D eigenvalue weighted by atomic mass is 16.5. The summed E-state index contributed by atoms with van der Waals surface area (Å²) in [4.78, 5) is 27.6. The lowest BCUT2D eigenvalue weighted by Crippen LogP contribution is -2.14. The Kier molecular flexibility index (Phi) is 6.30. The largest absolute Gasteiger partial charge is 0.478 e. The lowest BCUT2D eigenvalue weighted by molar-refractivity contribution is 0.0696. The molecule has 3 rings (SSSR count). The minimum absolute atomic E-state index is 0.0187. The molecule has 0 spiro atoms. The van der Waals surface area contributed by atoms with Crippen molar-refractivity contribution < 1.29 is 24.2 Å². The molecule has 0 aliphatic carbocycles. The van der Waals surface area contributed by atoms with Crippen molar-refractivity contribution in [3.05, 3.63) is 78.0 Å². The van der Waals surface area contributed by atoms with Gasteiger partial charge in [-0.1, -0.05) is 24.1 Å². The number of hydrogen-bond donors (Lipinski definition) is 2. The molecule has 0 fully saturated rings. The molecule has 1 heterocycles. The van der Waals surface area contributed by atoms with E-state index in [1.165, 1.54) is 18.2 Å². The van der Waals surface area contributed by atoms with E-state index in [1.807, 2.05) is 18.2 Å². The molecule has 0 saturated carbocycles. The Morgan fingerprint density at radius 3 is 2.40 bits per heavy atom. The van der Waals surface area contributed by atoms with Crippen LogP contribution in [0.3, 0.4) is 0 Å². The summed E-state index contributed by atoms with van der Waals surface area (Å²) < 4.78 is 11.5. The molecular weight excluding hydrogens is 384 g/mol. The number of carboxylic acid groups (broad SMARTS) is 1. The zero-order valence-electron chi connectivity index (χ0n) is 16.0. The summed E-state index contributed by atoms with van der Waals surface area (Å²) in [6, 6.07) is 16.6. The van der Waals surface area contributed by atoms with Crippen LogP contribution in [0.5, 0.6) is 17.2 Å². The van der Waals surface area contributed by atoms with Crippen LogP contribution in [0.15, 0.2) is 66.9 Å². The van der Waals surface area contributed by atoms with E-state index < -0.39 is 18.0 Å². The lowest BCUT2D eigenvalue weighted by atomic mass is 10.1. The van der Waals surface area contributed by atoms with E-state index in [1.54, 1.807) is 31.2 Å². The lowest BCUT2D eigenvalue weighted by Gasteiger charge is -2.14. The average molecular weight is 402 g/mol. The average Bonchev–Trinajstić information content (AvgIpc) is 2.74. The number of terminal acetylenes is 1. The van der Waals surface area contributed by atoms with E-state index in [9.17, 15) is 9.59 Å². The summed E-state index contributed by atoms with van der Waals surface area (Å²) in [6.07, 6.45) is 6.04. The van der Waals surface area contributed by atoms with Crippen molar-refractivity contribution in [2.75, 3.05) is 5.32 Å². The standard InChI is InChI=1S/C23H18N2O5/c1-3-15(2)29-19-11-17(12-20(13-19)30-18-7-5-4-6-8-18)22(26)25-21-10-9-16(14-24-21)23(27)28/h1,4-15H,2H3,(H,27,28)(H,24,25,26). The highest BCUT2D eigenvalue weighted by Gasteiger charge is 2.14. The number of para-hydroxylation sites is 1. The quantitative estimate of drug-likeness (QED) is 0.574. The topological polar surface area (TPSA) is 97.8 Å². The van der Waals surface area contributed by atoms with Crippen LogP contribution in [0.4, 0.5) is 5.82 Å². The van der Waals surface area contributed by atoms with Gasteiger partial charge in [0.25, 0.3) is 5.91 Å². The van der Waals surface area contributed by atoms with Gasteiger partial charge in [0.15, 0.2) is 6.10 Å². The van der Waals surface area contributed by atoms with Crippen molar-refractivity contribution >= 4 is 17.7 Å². The number of amides is 1. The molecule has 1 aromatic heterocycles. The molecule has 2 aromatic carbocycles. The van der Waals surface area contributed by atoms with E-state index in [0.717, 1.165) is 6.20 Å². The van der Waals surface area contributed by atoms with Crippen molar-refractivity contribution in [3.8, 4) is 29.6 Å². The van der Waals surface area contributed by atoms with Gasteiger partial charge < -0.3 is 19.9 Å². The van der Waals surface area contributed by atoms with Crippen LogP contribution in [0.25, 0.3) is 0 Å². The van der Waals surface area contributed by atoms with Crippen LogP contribution >= 0.6 is 0 Å². The Hall–Kier alpha value is -4.31. The summed E-state index contributed by atoms with van der Waals surface area (Å²) >= 11 is 0. The molecule has 0 bridgehead atoms. The Bertz CT molecular complexity index is 1090. The molecule has 7 nitrogen and oxygen atoms in total. The molecule has 1 atom stereocenters. The third-order valence-electron chi connectivity index (χ3n) is 3.92. The smallest absolute Gasteiger partial charge is 0.337 e. The number of rotatable bonds is 7. The van der Waals surface area contributed by atoms with Crippen molar-refractivity contribution in [2.24, 2.45) is 0 Å². The van der Waals surface area contributed by atoms with Gasteiger partial charge in [-0.15, -0.1) is 6.42 Å². The fraction of sp³-hybridized carbons (Fsp3) is 0.0870. The second kappa shape index (κ2) is 9.26. The molecule has 0 saturated heterocycles. The number of anilines is 1. The van der Waals surface area contributed by atoms with Crippen LogP contribution < -0.4 is 14.8 Å². The summed E-state index contributed by atoms with van der Waals surface area (Å²) in [7, 11) is 0. The third-order valence-corrected chi connectivity index (χ3v) is 3.92. The summed E-state index contributed by atoms with van der Waals surface area (Å²) in [5, 5.41) is 11.6. The van der Waals surface area contributed by atoms with Gasteiger partial charge >= 0.3 is 5.97 Å². The Labute approximate surface area is 173 Å². The molecule has 150 valence electrons. The van der Waals surface area contributed by atoms with Crippen LogP contribution in [-0.2, 0) is 0 Å². The minimum Gasteiger partial charge on any atom is -0.478 e. The van der Waals surface area contributed by atoms with Crippen LogP contribution in [0.2, 0.25) is 0 Å². The van der Waals surface area contributed by atoms with E-state index >= 15 is 0 Å². The van der Waals surface area contributed by atoms with Gasteiger partial charge in [-0.3, -0.25) is 4.79 Å². The molecule has 0 radical (unpaired) electrons. The monoisotopic (exact) mass is 402 g/mol. The van der Waals surface area contributed by atoms with Crippen molar-refractivity contribution in [3.63, 3.8) is 0 Å². The normalized spacial score (nSPS) is 11.1. The highest BCUT2D eigenvalue weighted by Crippen LogP contribution is 2.28. The molecular formula is C23H18N2O5. The number of benzene rings is 2. The Balaban J connectivity index is 1.86. The number of aromatic carboxylic acids is 1. The maximum absolute atomic E-state index is 12.7. The predicted molar refractivity (Wildman–Crippen MR) is 111 cm³/mol. The van der Waals surface area contributed by atoms with Gasteiger partial charge in [-0.2, -0.15) is 0 Å². The number of aromatic nitrogens is 1. The fourth-order valence-electron chi connectivity index (χ4n) is 2.48. The summed E-state index contributed by atoms with van der Waals surface area (Å²) in [5.41, 5.74) is 0.275. The maximum atomic E-state index is 12.7. The maximum Gasteiger partial charge on any atom is 0.337 e. The molecule has 1 amide bonds. The van der Waals surface area contributed by atoms with E-state index in [-0.39, 0.29) is 16.9 Å². The second-order valence-corrected chi connectivity index (χ2v) is 6.23. The number of carbonyl (C=O) groups excluding carboxylic acids is 1. The minimum atomic E-state index is -1.10. The van der Waals surface area contributed by atoms with Crippen molar-refractivity contribution in [2.45, 2.75) is 13.0 Å². The molecule has 0 aliphatic heterocycles. The first kappa shape index (κ1) is 20.4. The van der Waals surface area contributed by atoms with Gasteiger partial charge in [0, 0.05) is 17.8 Å². The first-order chi connectivity index (χ1) is 14.4. The van der Waals surface area contributed by atoms with Crippen LogP contribution in [0.1, 0.15) is 27.6 Å². The van der Waals surface area contributed by atoms with Crippen LogP contribution in [0, 0.1) is 12.3 Å². The summed E-state index contributed by atoms with van der Waals surface area (Å²) in [5.74, 6) is 2.45. The first-order valence-corrected chi connectivity index (χ1v) is 8.96. The zero-order chi connectivity index (χ0) is 21.5. The second-order valence-electron chi connectivity index (χ2n) is 6.23. The number of carbonyl (C=O) groups is 2. The first-order valence-electron chi connectivity index (χ1n) is 8.96. The molecule has 30 heavy (non-hydrogen) atoms. The van der Waals surface area contributed by atoms with E-state index in [2.05, 4.69) is 16.2 Å². The van der Waals surface area contributed by atoms with Gasteiger partial charge in [0.05, 0.1) is 5.56 Å². The number of hydrogen-bond acceptors (Lipinski definition) is 5. The van der Waals surface area contributed by atoms with Gasteiger partial charge in [0.1, 0.15) is 23.1 Å². The van der Waals surface area contributed by atoms with Gasteiger partial charge in [0.2, 0.25) is 0 Å². The van der Waals surface area contributed by atoms with E-state index in [4.69, 9.17) is 21.0 Å². The highest BCUT2D eigenvalue weighted by molar-refractivity contribution is 6.04. The number of carboxylic acids is 1. The SMILES string of the molecule is C#CC(C)Oc1cc(Oc2ccccc2)cc(C(=O)Nc2ccc(C(=O)O)cn2)c1. The predicted octanol–water partition coefficient (Wildman–Crippen LogP) is 4.22. The third kappa shape index (κ3) is 5.36. The van der Waals surface area contributed by atoms with Crippen LogP contribution in [-0.4, -0.2) is 28.1 Å². The zero-order valence-corrected chi connectivity index (χ0v) is 16.0. The molecule has 0 aliphatic rings. The van der Waals surface area contributed by atoms with Crippen molar-refractivity contribution in [1.82, 2.24) is 4.98 Å². The molecule has 7 heteroatoms. The molecule has 1 unspecified atom stereocenters. The molecule has 2 N–H and O–H groups in total. The fourth-order valence-corrected chi connectivity index (χ4v) is 2.48. The van der Waals surface area contributed by atoms with E-state index in [0.29, 0.717) is 17.2 Å².